The van der Waals surface area contributed by atoms with Gasteiger partial charge in [-0.3, -0.25) is 0 Å². The van der Waals surface area contributed by atoms with Crippen LogP contribution in [0.2, 0.25) is 5.02 Å². The number of hydrogen-bond donors (Lipinski definition) is 0. The van der Waals surface area contributed by atoms with Crippen molar-refractivity contribution < 1.29 is 9.47 Å². The van der Waals surface area contributed by atoms with E-state index in [2.05, 4.69) is 0 Å². The van der Waals surface area contributed by atoms with Gasteiger partial charge in [0.25, 0.3) is 0 Å². The highest BCUT2D eigenvalue weighted by molar-refractivity contribution is 7.98. The van der Waals surface area contributed by atoms with E-state index in [1.807, 2.05) is 12.3 Å². The lowest BCUT2D eigenvalue weighted by Crippen LogP contribution is -1.89. The first kappa shape index (κ1) is 10.5. The quantitative estimate of drug-likeness (QED) is 0.727. The Morgan fingerprint density at radius 3 is 2.23 bits per heavy atom. The molecule has 0 amide bonds. The summed E-state index contributed by atoms with van der Waals surface area (Å²) in [5, 5.41) is 0.567. The molecule has 0 heterocycles. The molecule has 0 spiro atoms. The second kappa shape index (κ2) is 4.63. The monoisotopic (exact) mass is 218 g/mol. The zero-order chi connectivity index (χ0) is 9.84. The SMILES string of the molecule is COc1cc(SC)c(OC)cc1Cl. The molecule has 2 nitrogen and oxygen atoms in total. The lowest BCUT2D eigenvalue weighted by Gasteiger charge is -2.09. The largest absolute Gasteiger partial charge is 0.496 e. The van der Waals surface area contributed by atoms with Gasteiger partial charge >= 0.3 is 0 Å². The summed E-state index contributed by atoms with van der Waals surface area (Å²) in [5.41, 5.74) is 0. The third-order valence-electron chi connectivity index (χ3n) is 1.66. The van der Waals surface area contributed by atoms with Crippen LogP contribution in [0.25, 0.3) is 0 Å². The van der Waals surface area contributed by atoms with Gasteiger partial charge < -0.3 is 9.47 Å². The van der Waals surface area contributed by atoms with Crippen molar-refractivity contribution in [1.82, 2.24) is 0 Å². The van der Waals surface area contributed by atoms with Crippen molar-refractivity contribution in [2.75, 3.05) is 20.5 Å². The molecule has 0 N–H and O–H groups in total. The summed E-state index contributed by atoms with van der Waals surface area (Å²) in [7, 11) is 3.22. The maximum absolute atomic E-state index is 5.92. The van der Waals surface area contributed by atoms with Crippen molar-refractivity contribution in [1.29, 1.82) is 0 Å². The van der Waals surface area contributed by atoms with Gasteiger partial charge in [-0.15, -0.1) is 11.8 Å². The van der Waals surface area contributed by atoms with E-state index in [9.17, 15) is 0 Å². The summed E-state index contributed by atoms with van der Waals surface area (Å²) >= 11 is 7.52. The third kappa shape index (κ3) is 2.23. The number of hydrogen-bond acceptors (Lipinski definition) is 3. The Morgan fingerprint density at radius 1 is 1.15 bits per heavy atom. The molecule has 0 fully saturated rings. The predicted molar refractivity (Wildman–Crippen MR) is 56.3 cm³/mol. The van der Waals surface area contributed by atoms with Crippen LogP contribution in [0.4, 0.5) is 0 Å². The van der Waals surface area contributed by atoms with E-state index in [4.69, 9.17) is 21.1 Å². The number of thioether (sulfide) groups is 1. The van der Waals surface area contributed by atoms with E-state index in [0.717, 1.165) is 10.6 Å². The second-order valence-electron chi connectivity index (χ2n) is 2.34. The average molecular weight is 219 g/mol. The molecule has 0 unspecified atom stereocenters. The van der Waals surface area contributed by atoms with Crippen LogP contribution in [0.1, 0.15) is 0 Å². The van der Waals surface area contributed by atoms with E-state index >= 15 is 0 Å². The molecule has 1 rings (SSSR count). The fourth-order valence-corrected chi connectivity index (χ4v) is 1.79. The van der Waals surface area contributed by atoms with Crippen LogP contribution in [-0.2, 0) is 0 Å². The molecule has 0 aliphatic carbocycles. The van der Waals surface area contributed by atoms with Gasteiger partial charge in [-0.1, -0.05) is 11.6 Å². The molecule has 0 radical (unpaired) electrons. The van der Waals surface area contributed by atoms with Gasteiger partial charge in [0.1, 0.15) is 11.5 Å². The van der Waals surface area contributed by atoms with Crippen molar-refractivity contribution in [3.8, 4) is 11.5 Å². The molecule has 0 atom stereocenters. The Labute approximate surface area is 87.2 Å². The molecule has 0 saturated heterocycles. The third-order valence-corrected chi connectivity index (χ3v) is 2.71. The molecule has 0 aliphatic heterocycles. The average Bonchev–Trinajstić information content (AvgIpc) is 2.17. The van der Waals surface area contributed by atoms with Gasteiger partial charge in [-0.2, -0.15) is 0 Å². The van der Waals surface area contributed by atoms with Crippen LogP contribution >= 0.6 is 23.4 Å². The van der Waals surface area contributed by atoms with Gasteiger partial charge in [0.2, 0.25) is 0 Å². The number of benzene rings is 1. The minimum Gasteiger partial charge on any atom is -0.496 e. The van der Waals surface area contributed by atoms with Crippen LogP contribution in [0.15, 0.2) is 17.0 Å². The fourth-order valence-electron chi connectivity index (χ4n) is 0.992. The minimum atomic E-state index is 0.567. The Morgan fingerprint density at radius 2 is 1.77 bits per heavy atom. The van der Waals surface area contributed by atoms with Crippen LogP contribution in [0.5, 0.6) is 11.5 Å². The zero-order valence-electron chi connectivity index (χ0n) is 7.76. The Balaban J connectivity index is 3.18. The smallest absolute Gasteiger partial charge is 0.138 e. The maximum Gasteiger partial charge on any atom is 0.138 e. The highest BCUT2D eigenvalue weighted by atomic mass is 35.5. The van der Waals surface area contributed by atoms with Crippen LogP contribution < -0.4 is 9.47 Å². The van der Waals surface area contributed by atoms with Crippen molar-refractivity contribution in [2.24, 2.45) is 0 Å². The molecule has 0 aromatic heterocycles. The normalized spacial score (nSPS) is 9.85. The Hall–Kier alpha value is -0.540. The first-order valence-electron chi connectivity index (χ1n) is 3.68. The van der Waals surface area contributed by atoms with Crippen LogP contribution in [-0.4, -0.2) is 20.5 Å². The van der Waals surface area contributed by atoms with Gasteiger partial charge in [0, 0.05) is 6.07 Å². The first-order valence-corrected chi connectivity index (χ1v) is 5.28. The highest BCUT2D eigenvalue weighted by Crippen LogP contribution is 2.36. The van der Waals surface area contributed by atoms with Gasteiger partial charge in [0.15, 0.2) is 0 Å². The summed E-state index contributed by atoms with van der Waals surface area (Å²) in [6.45, 7) is 0. The molecule has 4 heteroatoms. The summed E-state index contributed by atoms with van der Waals surface area (Å²) in [6, 6.07) is 3.62. The molecule has 0 aliphatic rings. The summed E-state index contributed by atoms with van der Waals surface area (Å²) in [6.07, 6.45) is 1.98. The fraction of sp³-hybridized carbons (Fsp3) is 0.333. The molecule has 13 heavy (non-hydrogen) atoms. The standard InChI is InChI=1S/C9H11ClO2S/c1-11-7-5-9(13-3)8(12-2)4-6(7)10/h4-5H,1-3H3. The summed E-state index contributed by atoms with van der Waals surface area (Å²) in [5.74, 6) is 1.45. The van der Waals surface area contributed by atoms with Gasteiger partial charge in [-0.05, 0) is 12.3 Å². The van der Waals surface area contributed by atoms with E-state index < -0.39 is 0 Å². The van der Waals surface area contributed by atoms with E-state index in [0.29, 0.717) is 10.8 Å². The number of ether oxygens (including phenoxy) is 2. The Kier molecular flexibility index (Phi) is 3.75. The molecular weight excluding hydrogens is 208 g/mol. The van der Waals surface area contributed by atoms with Gasteiger partial charge in [0.05, 0.1) is 24.1 Å². The van der Waals surface area contributed by atoms with Gasteiger partial charge in [-0.25, -0.2) is 0 Å². The molecule has 72 valence electrons. The van der Waals surface area contributed by atoms with Crippen molar-refractivity contribution in [2.45, 2.75) is 4.90 Å². The highest BCUT2D eigenvalue weighted by Gasteiger charge is 2.08. The van der Waals surface area contributed by atoms with Crippen molar-refractivity contribution in [3.05, 3.63) is 17.2 Å². The predicted octanol–water partition coefficient (Wildman–Crippen LogP) is 3.08. The molecule has 1 aromatic carbocycles. The zero-order valence-corrected chi connectivity index (χ0v) is 9.33. The van der Waals surface area contributed by atoms with Crippen LogP contribution in [0.3, 0.4) is 0 Å². The molecule has 0 bridgehead atoms. The molecular formula is C9H11ClO2S. The van der Waals surface area contributed by atoms with Crippen molar-refractivity contribution in [3.63, 3.8) is 0 Å². The summed E-state index contributed by atoms with van der Waals surface area (Å²) in [4.78, 5) is 1.02. The van der Waals surface area contributed by atoms with E-state index in [1.54, 1.807) is 32.0 Å². The minimum absolute atomic E-state index is 0.567. The summed E-state index contributed by atoms with van der Waals surface area (Å²) < 4.78 is 10.2. The topological polar surface area (TPSA) is 18.5 Å². The lowest BCUT2D eigenvalue weighted by molar-refractivity contribution is 0.394. The van der Waals surface area contributed by atoms with E-state index in [1.165, 1.54) is 0 Å². The Bertz CT molecular complexity index is 302. The first-order chi connectivity index (χ1) is 6.22. The number of methoxy groups -OCH3 is 2. The molecule has 0 saturated carbocycles. The maximum atomic E-state index is 5.92. The number of rotatable bonds is 3. The number of halogens is 1. The van der Waals surface area contributed by atoms with Crippen LogP contribution in [0, 0.1) is 0 Å². The second-order valence-corrected chi connectivity index (χ2v) is 3.60. The van der Waals surface area contributed by atoms with E-state index in [-0.39, 0.29) is 0 Å². The van der Waals surface area contributed by atoms with Crippen molar-refractivity contribution >= 4 is 23.4 Å². The molecule has 1 aromatic rings. The lowest BCUT2D eigenvalue weighted by atomic mass is 10.3.